The normalized spacial score (nSPS) is 22.4. The van der Waals surface area contributed by atoms with Crippen LogP contribution in [-0.2, 0) is 10.0 Å². The first-order valence-corrected chi connectivity index (χ1v) is 7.66. The van der Waals surface area contributed by atoms with Gasteiger partial charge in [-0.05, 0) is 31.9 Å². The van der Waals surface area contributed by atoms with Gasteiger partial charge in [-0.25, -0.2) is 0 Å². The lowest BCUT2D eigenvalue weighted by Crippen LogP contribution is -2.30. The standard InChI is InChI=1S/C13H16N2O2S/c1-14-11(9-6-7-9)8-12-10-4-2-3-5-13(10)18(16,17)15-12/h2-5,9,11,14H,6-8H2,1H3. The monoisotopic (exact) mass is 264 g/mol. The molecule has 1 fully saturated rings. The van der Waals surface area contributed by atoms with E-state index in [1.165, 1.54) is 12.8 Å². The zero-order valence-electron chi connectivity index (χ0n) is 10.3. The molecule has 1 N–H and O–H groups in total. The molecule has 1 atom stereocenters. The number of fused-ring (bicyclic) bond motifs is 1. The quantitative estimate of drug-likeness (QED) is 0.898. The summed E-state index contributed by atoms with van der Waals surface area (Å²) in [5.74, 6) is 0.674. The summed E-state index contributed by atoms with van der Waals surface area (Å²) in [6, 6.07) is 7.42. The van der Waals surface area contributed by atoms with Gasteiger partial charge in [0, 0.05) is 18.0 Å². The topological polar surface area (TPSA) is 58.5 Å². The molecule has 1 aromatic carbocycles. The molecule has 1 aliphatic heterocycles. The third-order valence-corrected chi connectivity index (χ3v) is 5.05. The second kappa shape index (κ2) is 4.17. The highest BCUT2D eigenvalue weighted by atomic mass is 32.2. The van der Waals surface area contributed by atoms with Crippen LogP contribution in [0.4, 0.5) is 0 Å². The molecule has 0 radical (unpaired) electrons. The molecular weight excluding hydrogens is 248 g/mol. The van der Waals surface area contributed by atoms with Crippen molar-refractivity contribution in [1.82, 2.24) is 5.32 Å². The summed E-state index contributed by atoms with van der Waals surface area (Å²) in [6.07, 6.45) is 3.15. The molecule has 2 aliphatic rings. The molecule has 1 unspecified atom stereocenters. The summed E-state index contributed by atoms with van der Waals surface area (Å²) in [6.45, 7) is 0. The van der Waals surface area contributed by atoms with Crippen LogP contribution in [0.25, 0.3) is 0 Å². The Kier molecular flexibility index (Phi) is 2.75. The lowest BCUT2D eigenvalue weighted by atomic mass is 10.00. The molecule has 96 valence electrons. The molecule has 0 spiro atoms. The summed E-state index contributed by atoms with van der Waals surface area (Å²) in [7, 11) is -1.52. The molecule has 0 aromatic heterocycles. The van der Waals surface area contributed by atoms with E-state index < -0.39 is 10.0 Å². The smallest absolute Gasteiger partial charge is 0.283 e. The van der Waals surface area contributed by atoms with Crippen LogP contribution in [0.15, 0.2) is 33.6 Å². The van der Waals surface area contributed by atoms with Gasteiger partial charge in [0.25, 0.3) is 10.0 Å². The van der Waals surface area contributed by atoms with Gasteiger partial charge in [-0.2, -0.15) is 12.8 Å². The van der Waals surface area contributed by atoms with E-state index in [0.717, 1.165) is 5.56 Å². The fourth-order valence-electron chi connectivity index (χ4n) is 2.53. The Morgan fingerprint density at radius 2 is 2.11 bits per heavy atom. The van der Waals surface area contributed by atoms with Crippen molar-refractivity contribution in [3.8, 4) is 0 Å². The highest BCUT2D eigenvalue weighted by Gasteiger charge is 2.34. The molecule has 0 saturated heterocycles. The average Bonchev–Trinajstić information content (AvgIpc) is 3.15. The third kappa shape index (κ3) is 1.97. The van der Waals surface area contributed by atoms with Gasteiger partial charge in [0.15, 0.2) is 0 Å². The van der Waals surface area contributed by atoms with E-state index in [0.29, 0.717) is 29.0 Å². The summed E-state index contributed by atoms with van der Waals surface area (Å²) in [4.78, 5) is 0.352. The van der Waals surface area contributed by atoms with Crippen LogP contribution < -0.4 is 5.32 Å². The number of sulfonamides is 1. The van der Waals surface area contributed by atoms with Crippen LogP contribution in [0.3, 0.4) is 0 Å². The Bertz CT molecular complexity index is 603. The van der Waals surface area contributed by atoms with E-state index in [1.54, 1.807) is 12.1 Å². The van der Waals surface area contributed by atoms with Crippen molar-refractivity contribution in [2.24, 2.45) is 10.3 Å². The van der Waals surface area contributed by atoms with Crippen molar-refractivity contribution in [3.63, 3.8) is 0 Å². The maximum atomic E-state index is 11.9. The molecule has 5 heteroatoms. The Morgan fingerprint density at radius 3 is 2.78 bits per heavy atom. The van der Waals surface area contributed by atoms with Crippen LogP contribution >= 0.6 is 0 Å². The Balaban J connectivity index is 1.94. The zero-order chi connectivity index (χ0) is 12.8. The van der Waals surface area contributed by atoms with Gasteiger partial charge in [0.2, 0.25) is 0 Å². The third-order valence-electron chi connectivity index (χ3n) is 3.68. The zero-order valence-corrected chi connectivity index (χ0v) is 11.1. The van der Waals surface area contributed by atoms with Gasteiger partial charge < -0.3 is 5.32 Å². The molecule has 1 heterocycles. The molecule has 3 rings (SSSR count). The maximum Gasteiger partial charge on any atom is 0.283 e. The maximum absolute atomic E-state index is 11.9. The number of nitrogens with zero attached hydrogens (tertiary/aromatic N) is 1. The first-order chi connectivity index (χ1) is 8.62. The number of nitrogens with one attached hydrogen (secondary N) is 1. The van der Waals surface area contributed by atoms with Crippen LogP contribution in [0.1, 0.15) is 24.8 Å². The Morgan fingerprint density at radius 1 is 1.39 bits per heavy atom. The highest BCUT2D eigenvalue weighted by molar-refractivity contribution is 7.90. The van der Waals surface area contributed by atoms with E-state index in [9.17, 15) is 8.42 Å². The Labute approximate surface area is 107 Å². The van der Waals surface area contributed by atoms with Gasteiger partial charge in [-0.15, -0.1) is 0 Å². The summed E-state index contributed by atoms with van der Waals surface area (Å²) in [5, 5.41) is 3.27. The number of rotatable bonds is 4. The van der Waals surface area contributed by atoms with Crippen molar-refractivity contribution in [3.05, 3.63) is 29.8 Å². The van der Waals surface area contributed by atoms with Gasteiger partial charge in [-0.3, -0.25) is 0 Å². The van der Waals surface area contributed by atoms with Gasteiger partial charge >= 0.3 is 0 Å². The largest absolute Gasteiger partial charge is 0.316 e. The minimum absolute atomic E-state index is 0.338. The fourth-order valence-corrected chi connectivity index (χ4v) is 3.81. The van der Waals surface area contributed by atoms with Crippen molar-refractivity contribution in [1.29, 1.82) is 0 Å². The first kappa shape index (κ1) is 11.9. The predicted molar refractivity (Wildman–Crippen MR) is 70.4 cm³/mol. The second-order valence-corrected chi connectivity index (χ2v) is 6.52. The number of hydrogen-bond donors (Lipinski definition) is 1. The van der Waals surface area contributed by atoms with Gasteiger partial charge in [-0.1, -0.05) is 18.2 Å². The van der Waals surface area contributed by atoms with E-state index in [4.69, 9.17) is 0 Å². The molecule has 0 amide bonds. The summed E-state index contributed by atoms with van der Waals surface area (Å²) >= 11 is 0. The van der Waals surface area contributed by atoms with Gasteiger partial charge in [0.1, 0.15) is 0 Å². The first-order valence-electron chi connectivity index (χ1n) is 6.22. The average molecular weight is 264 g/mol. The van der Waals surface area contributed by atoms with Gasteiger partial charge in [0.05, 0.1) is 10.6 Å². The predicted octanol–water partition coefficient (Wildman–Crippen LogP) is 1.57. The van der Waals surface area contributed by atoms with E-state index >= 15 is 0 Å². The molecule has 1 saturated carbocycles. The van der Waals surface area contributed by atoms with E-state index in [2.05, 4.69) is 9.71 Å². The van der Waals surface area contributed by atoms with Crippen molar-refractivity contribution in [2.75, 3.05) is 7.05 Å². The highest BCUT2D eigenvalue weighted by Crippen LogP contribution is 2.36. The minimum atomic E-state index is -3.45. The lowest BCUT2D eigenvalue weighted by Gasteiger charge is -2.14. The second-order valence-electron chi connectivity index (χ2n) is 4.95. The summed E-state index contributed by atoms with van der Waals surface area (Å²) < 4.78 is 27.8. The molecule has 0 bridgehead atoms. The fraction of sp³-hybridized carbons (Fsp3) is 0.462. The van der Waals surface area contributed by atoms with Crippen molar-refractivity contribution >= 4 is 15.7 Å². The lowest BCUT2D eigenvalue weighted by molar-refractivity contribution is 0.519. The number of benzene rings is 1. The van der Waals surface area contributed by atoms with Crippen molar-refractivity contribution < 1.29 is 8.42 Å². The van der Waals surface area contributed by atoms with Crippen molar-refractivity contribution in [2.45, 2.75) is 30.2 Å². The van der Waals surface area contributed by atoms with E-state index in [-0.39, 0.29) is 0 Å². The molecular formula is C13H16N2O2S. The van der Waals surface area contributed by atoms with E-state index in [1.807, 2.05) is 19.2 Å². The molecule has 4 nitrogen and oxygen atoms in total. The molecule has 18 heavy (non-hydrogen) atoms. The van der Waals surface area contributed by atoms with Crippen LogP contribution in [0.2, 0.25) is 0 Å². The molecule has 1 aliphatic carbocycles. The minimum Gasteiger partial charge on any atom is -0.316 e. The number of hydrogen-bond acceptors (Lipinski definition) is 3. The SMILES string of the molecule is CNC(CC1=NS(=O)(=O)c2ccccc21)C1CC1. The Hall–Kier alpha value is -1.20. The van der Waals surface area contributed by atoms with Crippen LogP contribution in [0.5, 0.6) is 0 Å². The summed E-state index contributed by atoms with van der Waals surface area (Å²) in [5.41, 5.74) is 1.48. The van der Waals surface area contributed by atoms with Crippen LogP contribution in [0, 0.1) is 5.92 Å². The van der Waals surface area contributed by atoms with Crippen LogP contribution in [-0.4, -0.2) is 27.2 Å². The molecule has 1 aromatic rings.